The van der Waals surface area contributed by atoms with Gasteiger partial charge in [-0.2, -0.15) is 0 Å². The minimum Gasteiger partial charge on any atom is -0.352 e. The van der Waals surface area contributed by atoms with Crippen molar-refractivity contribution in [3.63, 3.8) is 0 Å². The summed E-state index contributed by atoms with van der Waals surface area (Å²) < 4.78 is 40.6. The van der Waals surface area contributed by atoms with Crippen molar-refractivity contribution in [2.75, 3.05) is 17.1 Å². The summed E-state index contributed by atoms with van der Waals surface area (Å²) in [4.78, 5) is 27.5. The summed E-state index contributed by atoms with van der Waals surface area (Å²) in [6.07, 6.45) is 1.68. The van der Waals surface area contributed by atoms with Crippen molar-refractivity contribution >= 4 is 39.1 Å². The molecule has 2 rings (SSSR count). The largest absolute Gasteiger partial charge is 0.352 e. The molecule has 34 heavy (non-hydrogen) atoms. The van der Waals surface area contributed by atoms with Crippen LogP contribution in [0.15, 0.2) is 42.5 Å². The van der Waals surface area contributed by atoms with E-state index in [0.29, 0.717) is 17.0 Å². The first kappa shape index (κ1) is 27.6. The van der Waals surface area contributed by atoms with Crippen LogP contribution in [0.3, 0.4) is 0 Å². The van der Waals surface area contributed by atoms with Gasteiger partial charge in [0.1, 0.15) is 18.4 Å². The molecule has 0 bridgehead atoms. The number of nitrogens with one attached hydrogen (secondary N) is 1. The van der Waals surface area contributed by atoms with Crippen LogP contribution in [-0.2, 0) is 26.2 Å². The lowest BCUT2D eigenvalue weighted by Crippen LogP contribution is -2.52. The Balaban J connectivity index is 2.45. The van der Waals surface area contributed by atoms with Crippen LogP contribution in [0.5, 0.6) is 0 Å². The number of sulfonamides is 1. The summed E-state index contributed by atoms with van der Waals surface area (Å²) in [5, 5.41) is 3.13. The highest BCUT2D eigenvalue weighted by Gasteiger charge is 2.31. The number of benzene rings is 2. The molecule has 0 aliphatic heterocycles. The molecule has 0 fully saturated rings. The molecule has 2 atom stereocenters. The third-order valence-corrected chi connectivity index (χ3v) is 6.95. The lowest BCUT2D eigenvalue weighted by atomic mass is 10.1. The van der Waals surface area contributed by atoms with Gasteiger partial charge in [-0.1, -0.05) is 42.8 Å². The predicted octanol–water partition coefficient (Wildman–Crippen LogP) is 3.89. The van der Waals surface area contributed by atoms with Gasteiger partial charge in [0.05, 0.1) is 11.9 Å². The van der Waals surface area contributed by atoms with Gasteiger partial charge in [0.25, 0.3) is 0 Å². The Morgan fingerprint density at radius 3 is 2.38 bits per heavy atom. The first-order valence-electron chi connectivity index (χ1n) is 10.9. The number of amides is 2. The Labute approximate surface area is 205 Å². The standard InChI is InChI=1S/C24H31ClFN3O4S/c1-6-17(3)27-24(31)18(4)28(14-19-9-7-8-10-21(19)26)23(30)15-29(34(5,32)33)22-13-20(25)12-11-16(22)2/h7-13,17-18H,6,14-15H2,1-5H3,(H,27,31)/t17-,18+/m1/s1. The molecule has 10 heteroatoms. The molecule has 0 aliphatic carbocycles. The summed E-state index contributed by atoms with van der Waals surface area (Å²) in [6.45, 7) is 6.21. The topological polar surface area (TPSA) is 86.8 Å². The van der Waals surface area contributed by atoms with Gasteiger partial charge in [-0.15, -0.1) is 0 Å². The zero-order chi connectivity index (χ0) is 25.6. The molecule has 0 heterocycles. The highest BCUT2D eigenvalue weighted by molar-refractivity contribution is 7.92. The number of nitrogens with zero attached hydrogens (tertiary/aromatic N) is 2. The lowest BCUT2D eigenvalue weighted by molar-refractivity contribution is -0.139. The van der Waals surface area contributed by atoms with E-state index in [4.69, 9.17) is 11.6 Å². The molecule has 0 aliphatic rings. The van der Waals surface area contributed by atoms with Crippen molar-refractivity contribution in [1.82, 2.24) is 10.2 Å². The summed E-state index contributed by atoms with van der Waals surface area (Å²) in [5.74, 6) is -1.59. The molecule has 0 saturated heterocycles. The first-order valence-corrected chi connectivity index (χ1v) is 13.1. The predicted molar refractivity (Wildman–Crippen MR) is 133 cm³/mol. The molecule has 0 saturated carbocycles. The average Bonchev–Trinajstić information content (AvgIpc) is 2.77. The first-order chi connectivity index (χ1) is 15.8. The van der Waals surface area contributed by atoms with E-state index in [2.05, 4.69) is 5.32 Å². The smallest absolute Gasteiger partial charge is 0.244 e. The monoisotopic (exact) mass is 511 g/mol. The maximum Gasteiger partial charge on any atom is 0.244 e. The van der Waals surface area contributed by atoms with Crippen LogP contribution in [0.2, 0.25) is 5.02 Å². The Bertz CT molecular complexity index is 1140. The highest BCUT2D eigenvalue weighted by atomic mass is 35.5. The van der Waals surface area contributed by atoms with Crippen LogP contribution in [-0.4, -0.2) is 50.0 Å². The summed E-state index contributed by atoms with van der Waals surface area (Å²) in [7, 11) is -3.88. The van der Waals surface area contributed by atoms with Gasteiger partial charge in [-0.25, -0.2) is 12.8 Å². The number of aryl methyl sites for hydroxylation is 1. The Morgan fingerprint density at radius 2 is 1.79 bits per heavy atom. The van der Waals surface area contributed by atoms with E-state index in [1.807, 2.05) is 13.8 Å². The maximum atomic E-state index is 14.4. The molecule has 2 amide bonds. The van der Waals surface area contributed by atoms with E-state index in [1.54, 1.807) is 25.1 Å². The van der Waals surface area contributed by atoms with Crippen molar-refractivity contribution < 1.29 is 22.4 Å². The minimum absolute atomic E-state index is 0.123. The summed E-state index contributed by atoms with van der Waals surface area (Å²) in [5.41, 5.74) is 1.07. The van der Waals surface area contributed by atoms with E-state index < -0.39 is 40.2 Å². The van der Waals surface area contributed by atoms with Gasteiger partial charge in [0, 0.05) is 23.2 Å². The molecule has 186 valence electrons. The van der Waals surface area contributed by atoms with E-state index in [1.165, 1.54) is 36.1 Å². The number of hydrogen-bond acceptors (Lipinski definition) is 4. The molecular formula is C24H31ClFN3O4S. The van der Waals surface area contributed by atoms with Crippen molar-refractivity contribution in [3.8, 4) is 0 Å². The van der Waals surface area contributed by atoms with E-state index >= 15 is 0 Å². The number of anilines is 1. The Hall–Kier alpha value is -2.65. The fraction of sp³-hybridized carbons (Fsp3) is 0.417. The number of hydrogen-bond donors (Lipinski definition) is 1. The second-order valence-electron chi connectivity index (χ2n) is 8.31. The zero-order valence-corrected chi connectivity index (χ0v) is 21.6. The molecule has 1 N–H and O–H groups in total. The maximum absolute atomic E-state index is 14.4. The lowest BCUT2D eigenvalue weighted by Gasteiger charge is -2.32. The highest BCUT2D eigenvalue weighted by Crippen LogP contribution is 2.27. The molecule has 7 nitrogen and oxygen atoms in total. The third kappa shape index (κ3) is 7.17. The van der Waals surface area contributed by atoms with Crippen molar-refractivity contribution in [2.45, 2.75) is 52.7 Å². The van der Waals surface area contributed by atoms with Gasteiger partial charge in [-0.3, -0.25) is 13.9 Å². The molecule has 2 aromatic rings. The zero-order valence-electron chi connectivity index (χ0n) is 20.0. The molecule has 0 aromatic heterocycles. The van der Waals surface area contributed by atoms with Crippen molar-refractivity contribution in [3.05, 3.63) is 64.4 Å². The van der Waals surface area contributed by atoms with Gasteiger partial charge >= 0.3 is 0 Å². The second kappa shape index (κ2) is 11.7. The number of rotatable bonds is 10. The van der Waals surface area contributed by atoms with Gasteiger partial charge in [0.15, 0.2) is 0 Å². The fourth-order valence-electron chi connectivity index (χ4n) is 3.30. The quantitative estimate of drug-likeness (QED) is 0.524. The van der Waals surface area contributed by atoms with Crippen LogP contribution in [0.1, 0.15) is 38.3 Å². The molecule has 0 radical (unpaired) electrons. The average molecular weight is 512 g/mol. The normalized spacial score (nSPS) is 13.1. The second-order valence-corrected chi connectivity index (χ2v) is 10.7. The van der Waals surface area contributed by atoms with E-state index in [9.17, 15) is 22.4 Å². The SMILES string of the molecule is CC[C@@H](C)NC(=O)[C@H](C)N(Cc1ccccc1F)C(=O)CN(c1cc(Cl)ccc1C)S(C)(=O)=O. The number of halogens is 2. The Kier molecular flexibility index (Phi) is 9.46. The van der Waals surface area contributed by atoms with E-state index in [-0.39, 0.29) is 23.8 Å². The molecule has 2 aromatic carbocycles. The third-order valence-electron chi connectivity index (χ3n) is 5.59. The van der Waals surface area contributed by atoms with Gasteiger partial charge in [-0.05, 0) is 51.0 Å². The van der Waals surface area contributed by atoms with Crippen molar-refractivity contribution in [2.24, 2.45) is 0 Å². The van der Waals surface area contributed by atoms with Crippen LogP contribution in [0, 0.1) is 12.7 Å². The molecule has 0 unspecified atom stereocenters. The van der Waals surface area contributed by atoms with Crippen LogP contribution in [0.25, 0.3) is 0 Å². The molecular weight excluding hydrogens is 481 g/mol. The number of carbonyl (C=O) groups is 2. The van der Waals surface area contributed by atoms with Crippen LogP contribution < -0.4 is 9.62 Å². The van der Waals surface area contributed by atoms with Crippen LogP contribution in [0.4, 0.5) is 10.1 Å². The summed E-state index contributed by atoms with van der Waals surface area (Å²) in [6, 6.07) is 9.58. The minimum atomic E-state index is -3.88. The number of carbonyl (C=O) groups excluding carboxylic acids is 2. The molecule has 0 spiro atoms. The van der Waals surface area contributed by atoms with Crippen LogP contribution >= 0.6 is 11.6 Å². The fourth-order valence-corrected chi connectivity index (χ4v) is 4.37. The Morgan fingerprint density at radius 1 is 1.15 bits per heavy atom. The summed E-state index contributed by atoms with van der Waals surface area (Å²) >= 11 is 6.08. The van der Waals surface area contributed by atoms with Gasteiger partial charge < -0.3 is 10.2 Å². The van der Waals surface area contributed by atoms with Gasteiger partial charge in [0.2, 0.25) is 21.8 Å². The van der Waals surface area contributed by atoms with Crippen molar-refractivity contribution in [1.29, 1.82) is 0 Å². The van der Waals surface area contributed by atoms with E-state index in [0.717, 1.165) is 10.6 Å².